The summed E-state index contributed by atoms with van der Waals surface area (Å²) in [4.78, 5) is 11.1. The van der Waals surface area contributed by atoms with Crippen LogP contribution in [-0.2, 0) is 10.0 Å². The molecule has 7 nitrogen and oxygen atoms in total. The van der Waals surface area contributed by atoms with Gasteiger partial charge in [-0.2, -0.15) is 5.26 Å². The highest BCUT2D eigenvalue weighted by Crippen LogP contribution is 2.37. The number of benzene rings is 1. The zero-order chi connectivity index (χ0) is 14.9. The Balaban J connectivity index is 2.58. The Hall–Kier alpha value is -2.27. The Bertz CT molecular complexity index is 692. The topological polar surface area (TPSA) is 108 Å². The maximum Gasteiger partial charge on any atom is 0.339 e. The van der Waals surface area contributed by atoms with E-state index in [1.54, 1.807) is 6.07 Å². The highest BCUT2D eigenvalue weighted by molar-refractivity contribution is 7.93. The molecule has 1 aliphatic heterocycles. The summed E-state index contributed by atoms with van der Waals surface area (Å²) in [5.41, 5.74) is 0.0465. The maximum absolute atomic E-state index is 12.3. The normalized spacial score (nSPS) is 15.7. The minimum atomic E-state index is -3.87. The minimum Gasteiger partial charge on any atom is -0.489 e. The lowest BCUT2D eigenvalue weighted by molar-refractivity contribution is 0.0692. The Morgan fingerprint density at radius 3 is 2.85 bits per heavy atom. The van der Waals surface area contributed by atoms with Crippen LogP contribution in [0.4, 0.5) is 5.69 Å². The average molecular weight is 296 g/mol. The van der Waals surface area contributed by atoms with E-state index in [1.807, 2.05) is 0 Å². The van der Waals surface area contributed by atoms with E-state index < -0.39 is 21.2 Å². The number of sulfonamides is 1. The van der Waals surface area contributed by atoms with Gasteiger partial charge in [0, 0.05) is 0 Å². The van der Waals surface area contributed by atoms with E-state index in [0.29, 0.717) is 0 Å². The molecule has 20 heavy (non-hydrogen) atoms. The molecule has 1 unspecified atom stereocenters. The molecule has 0 spiro atoms. The van der Waals surface area contributed by atoms with Crippen LogP contribution >= 0.6 is 0 Å². The Kier molecular flexibility index (Phi) is 3.55. The van der Waals surface area contributed by atoms with Gasteiger partial charge in [-0.05, 0) is 19.1 Å². The number of carbonyl (C=O) groups is 1. The second kappa shape index (κ2) is 5.02. The van der Waals surface area contributed by atoms with Crippen molar-refractivity contribution in [3.63, 3.8) is 0 Å². The van der Waals surface area contributed by atoms with E-state index in [9.17, 15) is 13.2 Å². The predicted octanol–water partition coefficient (Wildman–Crippen LogP) is 0.825. The lowest BCUT2D eigenvalue weighted by Gasteiger charge is -2.31. The zero-order valence-electron chi connectivity index (χ0n) is 10.6. The lowest BCUT2D eigenvalue weighted by Crippen LogP contribution is -2.42. The number of nitrogens with zero attached hydrogens (tertiary/aromatic N) is 2. The molecule has 0 saturated heterocycles. The van der Waals surface area contributed by atoms with Gasteiger partial charge in [-0.15, -0.1) is 0 Å². The number of rotatable bonds is 3. The number of nitriles is 1. The molecule has 0 fully saturated rings. The SMILES string of the molecule is CC(C#N)S(=O)(=O)N1CCOc2c(C(=O)O)cccc21. The van der Waals surface area contributed by atoms with Crippen molar-refractivity contribution in [2.45, 2.75) is 12.2 Å². The summed E-state index contributed by atoms with van der Waals surface area (Å²) in [6, 6.07) is 5.92. The fourth-order valence-electron chi connectivity index (χ4n) is 1.91. The van der Waals surface area contributed by atoms with Gasteiger partial charge >= 0.3 is 5.97 Å². The molecule has 106 valence electrons. The van der Waals surface area contributed by atoms with E-state index in [0.717, 1.165) is 4.31 Å². The van der Waals surface area contributed by atoms with Crippen molar-refractivity contribution < 1.29 is 23.1 Å². The summed E-state index contributed by atoms with van der Waals surface area (Å²) in [5.74, 6) is -1.19. The predicted molar refractivity (Wildman–Crippen MR) is 70.2 cm³/mol. The van der Waals surface area contributed by atoms with E-state index in [1.165, 1.54) is 25.1 Å². The average Bonchev–Trinajstić information content (AvgIpc) is 2.44. The number of fused-ring (bicyclic) bond motifs is 1. The van der Waals surface area contributed by atoms with Crippen LogP contribution in [0.15, 0.2) is 18.2 Å². The molecule has 0 amide bonds. The number of ether oxygens (including phenoxy) is 1. The van der Waals surface area contributed by atoms with Gasteiger partial charge in [0.25, 0.3) is 10.0 Å². The molecule has 2 rings (SSSR count). The molecule has 1 aliphatic rings. The third-order valence-corrected chi connectivity index (χ3v) is 4.96. The van der Waals surface area contributed by atoms with Crippen molar-refractivity contribution in [2.24, 2.45) is 0 Å². The molecule has 0 radical (unpaired) electrons. The first-order chi connectivity index (χ1) is 9.39. The van der Waals surface area contributed by atoms with Crippen molar-refractivity contribution in [1.29, 1.82) is 5.26 Å². The van der Waals surface area contributed by atoms with E-state index in [4.69, 9.17) is 15.1 Å². The van der Waals surface area contributed by atoms with Gasteiger partial charge in [-0.1, -0.05) is 6.07 Å². The van der Waals surface area contributed by atoms with Crippen LogP contribution in [0, 0.1) is 11.3 Å². The number of aromatic carboxylic acids is 1. The Labute approximate surface area is 116 Å². The number of carboxylic acids is 1. The summed E-state index contributed by atoms with van der Waals surface area (Å²) in [6.45, 7) is 1.37. The standard InChI is InChI=1S/C12H12N2O5S/c1-8(7-13)20(17,18)14-5-6-19-11-9(12(15)16)3-2-4-10(11)14/h2-4,8H,5-6H2,1H3,(H,15,16). The highest BCUT2D eigenvalue weighted by atomic mass is 32.2. The van der Waals surface area contributed by atoms with Gasteiger partial charge < -0.3 is 9.84 Å². The fraction of sp³-hybridized carbons (Fsp3) is 0.333. The molecule has 1 N–H and O–H groups in total. The third-order valence-electron chi connectivity index (χ3n) is 2.97. The first-order valence-electron chi connectivity index (χ1n) is 5.80. The Morgan fingerprint density at radius 2 is 2.25 bits per heavy atom. The molecular weight excluding hydrogens is 284 g/mol. The number of para-hydroxylation sites is 1. The summed E-state index contributed by atoms with van der Waals surface area (Å²) in [7, 11) is -3.87. The quantitative estimate of drug-likeness (QED) is 0.885. The van der Waals surface area contributed by atoms with Crippen molar-refractivity contribution in [1.82, 2.24) is 0 Å². The van der Waals surface area contributed by atoms with Gasteiger partial charge in [0.15, 0.2) is 11.0 Å². The van der Waals surface area contributed by atoms with Gasteiger partial charge in [0.2, 0.25) is 0 Å². The number of carboxylic acid groups (broad SMARTS) is 1. The number of hydrogen-bond donors (Lipinski definition) is 1. The first-order valence-corrected chi connectivity index (χ1v) is 7.30. The number of anilines is 1. The third kappa shape index (κ3) is 2.16. The highest BCUT2D eigenvalue weighted by Gasteiger charge is 2.34. The first kappa shape index (κ1) is 14.1. The van der Waals surface area contributed by atoms with Crippen molar-refractivity contribution in [2.75, 3.05) is 17.5 Å². The molecule has 1 heterocycles. The lowest BCUT2D eigenvalue weighted by atomic mass is 10.1. The molecule has 0 aliphatic carbocycles. The van der Waals surface area contributed by atoms with Crippen LogP contribution in [-0.4, -0.2) is 37.9 Å². The monoisotopic (exact) mass is 296 g/mol. The smallest absolute Gasteiger partial charge is 0.339 e. The minimum absolute atomic E-state index is 0.0139. The second-order valence-electron chi connectivity index (χ2n) is 4.20. The van der Waals surface area contributed by atoms with Gasteiger partial charge in [-0.3, -0.25) is 4.31 Å². The Morgan fingerprint density at radius 1 is 1.55 bits per heavy atom. The molecule has 0 bridgehead atoms. The largest absolute Gasteiger partial charge is 0.489 e. The maximum atomic E-state index is 12.3. The summed E-state index contributed by atoms with van der Waals surface area (Å²) >= 11 is 0. The molecule has 0 aromatic heterocycles. The number of hydrogen-bond acceptors (Lipinski definition) is 5. The van der Waals surface area contributed by atoms with E-state index in [2.05, 4.69) is 0 Å². The van der Waals surface area contributed by atoms with Crippen molar-refractivity contribution in [3.8, 4) is 11.8 Å². The molecule has 0 saturated carbocycles. The van der Waals surface area contributed by atoms with Crippen LogP contribution in [0.3, 0.4) is 0 Å². The molecule has 1 atom stereocenters. The summed E-state index contributed by atoms with van der Waals surface area (Å²) in [6.07, 6.45) is 0. The summed E-state index contributed by atoms with van der Waals surface area (Å²) < 4.78 is 30.8. The second-order valence-corrected chi connectivity index (χ2v) is 6.37. The van der Waals surface area contributed by atoms with Crippen LogP contribution in [0.2, 0.25) is 0 Å². The molecule has 1 aromatic rings. The van der Waals surface area contributed by atoms with E-state index in [-0.39, 0.29) is 30.2 Å². The van der Waals surface area contributed by atoms with Crippen LogP contribution in [0.1, 0.15) is 17.3 Å². The zero-order valence-corrected chi connectivity index (χ0v) is 11.4. The van der Waals surface area contributed by atoms with E-state index >= 15 is 0 Å². The molecule has 1 aromatic carbocycles. The van der Waals surface area contributed by atoms with Crippen LogP contribution < -0.4 is 9.04 Å². The summed E-state index contributed by atoms with van der Waals surface area (Å²) in [5, 5.41) is 16.7. The van der Waals surface area contributed by atoms with Crippen LogP contribution in [0.25, 0.3) is 0 Å². The van der Waals surface area contributed by atoms with Crippen molar-refractivity contribution in [3.05, 3.63) is 23.8 Å². The van der Waals surface area contributed by atoms with Gasteiger partial charge in [0.05, 0.1) is 18.3 Å². The van der Waals surface area contributed by atoms with Gasteiger partial charge in [0.1, 0.15) is 12.2 Å². The molecular formula is C12H12N2O5S. The fourth-order valence-corrected chi connectivity index (χ4v) is 3.18. The van der Waals surface area contributed by atoms with Gasteiger partial charge in [-0.25, -0.2) is 13.2 Å². The van der Waals surface area contributed by atoms with Crippen LogP contribution in [0.5, 0.6) is 5.75 Å². The van der Waals surface area contributed by atoms with Crippen molar-refractivity contribution >= 4 is 21.7 Å². The molecule has 8 heteroatoms.